The summed E-state index contributed by atoms with van der Waals surface area (Å²) < 4.78 is 15.2. The SMILES string of the molecule is COC(=O)c1c(C)[nH]c(C(=O)C(C)OC(=O)COc2ccc(C(C)=O)cc2)c1C. The largest absolute Gasteiger partial charge is 0.482 e. The number of rotatable bonds is 8. The zero-order chi connectivity index (χ0) is 21.7. The number of methoxy groups -OCH3 is 1. The summed E-state index contributed by atoms with van der Waals surface area (Å²) in [5.74, 6) is -1.43. The minimum absolute atomic E-state index is 0.0755. The first-order chi connectivity index (χ1) is 13.6. The van der Waals surface area contributed by atoms with Gasteiger partial charge in [-0.25, -0.2) is 9.59 Å². The Morgan fingerprint density at radius 1 is 1.07 bits per heavy atom. The van der Waals surface area contributed by atoms with E-state index >= 15 is 0 Å². The van der Waals surface area contributed by atoms with Crippen LogP contribution in [0.3, 0.4) is 0 Å². The first-order valence-electron chi connectivity index (χ1n) is 8.90. The lowest BCUT2D eigenvalue weighted by Gasteiger charge is -2.13. The zero-order valence-corrected chi connectivity index (χ0v) is 17.0. The molecule has 2 rings (SSSR count). The van der Waals surface area contributed by atoms with Crippen molar-refractivity contribution < 1.29 is 33.4 Å². The van der Waals surface area contributed by atoms with Gasteiger partial charge in [-0.15, -0.1) is 0 Å². The van der Waals surface area contributed by atoms with Crippen molar-refractivity contribution in [2.75, 3.05) is 13.7 Å². The highest BCUT2D eigenvalue weighted by molar-refractivity contribution is 6.04. The van der Waals surface area contributed by atoms with Crippen molar-refractivity contribution in [3.05, 3.63) is 52.3 Å². The van der Waals surface area contributed by atoms with Gasteiger partial charge in [0.05, 0.1) is 18.4 Å². The predicted octanol–water partition coefficient (Wildman–Crippen LogP) is 2.81. The number of hydrogen-bond acceptors (Lipinski definition) is 7. The highest BCUT2D eigenvalue weighted by Gasteiger charge is 2.27. The third kappa shape index (κ3) is 5.10. The quantitative estimate of drug-likeness (QED) is 0.535. The number of ether oxygens (including phenoxy) is 3. The molecule has 154 valence electrons. The predicted molar refractivity (Wildman–Crippen MR) is 103 cm³/mol. The van der Waals surface area contributed by atoms with E-state index in [1.165, 1.54) is 21.0 Å². The summed E-state index contributed by atoms with van der Waals surface area (Å²) in [6, 6.07) is 6.31. The Labute approximate surface area is 168 Å². The van der Waals surface area contributed by atoms with Crippen LogP contribution < -0.4 is 4.74 Å². The molecule has 8 heteroatoms. The van der Waals surface area contributed by atoms with E-state index in [0.717, 1.165) is 0 Å². The van der Waals surface area contributed by atoms with Gasteiger partial charge in [-0.1, -0.05) is 0 Å². The molecular weight excluding hydrogens is 378 g/mol. The lowest BCUT2D eigenvalue weighted by Crippen LogP contribution is -2.28. The molecule has 0 radical (unpaired) electrons. The summed E-state index contributed by atoms with van der Waals surface area (Å²) in [6.45, 7) is 5.76. The van der Waals surface area contributed by atoms with E-state index in [0.29, 0.717) is 22.6 Å². The second-order valence-corrected chi connectivity index (χ2v) is 6.48. The van der Waals surface area contributed by atoms with Crippen molar-refractivity contribution in [3.63, 3.8) is 0 Å². The summed E-state index contributed by atoms with van der Waals surface area (Å²) in [7, 11) is 1.26. The number of aromatic amines is 1. The Hall–Kier alpha value is -3.42. The number of H-pyrrole nitrogens is 1. The molecule has 0 amide bonds. The van der Waals surface area contributed by atoms with Crippen molar-refractivity contribution in [2.45, 2.75) is 33.8 Å². The van der Waals surface area contributed by atoms with Crippen molar-refractivity contribution >= 4 is 23.5 Å². The topological polar surface area (TPSA) is 112 Å². The second-order valence-electron chi connectivity index (χ2n) is 6.48. The van der Waals surface area contributed by atoms with Crippen LogP contribution in [0.25, 0.3) is 0 Å². The summed E-state index contributed by atoms with van der Waals surface area (Å²) in [6.07, 6.45) is -1.08. The van der Waals surface area contributed by atoms with Gasteiger partial charge in [-0.3, -0.25) is 9.59 Å². The molecule has 0 saturated heterocycles. The molecule has 1 unspecified atom stereocenters. The van der Waals surface area contributed by atoms with E-state index < -0.39 is 30.4 Å². The highest BCUT2D eigenvalue weighted by Crippen LogP contribution is 2.21. The number of aryl methyl sites for hydroxylation is 1. The van der Waals surface area contributed by atoms with Crippen LogP contribution in [0.1, 0.15) is 56.3 Å². The van der Waals surface area contributed by atoms with Gasteiger partial charge >= 0.3 is 11.9 Å². The first kappa shape index (κ1) is 21.9. The number of Topliss-reactive ketones (excluding diaryl/α,β-unsaturated/α-hetero) is 2. The first-order valence-corrected chi connectivity index (χ1v) is 8.90. The van der Waals surface area contributed by atoms with E-state index in [1.54, 1.807) is 38.1 Å². The van der Waals surface area contributed by atoms with E-state index in [1.807, 2.05) is 0 Å². The summed E-state index contributed by atoms with van der Waals surface area (Å²) in [4.78, 5) is 50.6. The minimum atomic E-state index is -1.08. The van der Waals surface area contributed by atoms with E-state index in [9.17, 15) is 19.2 Å². The molecular formula is C21H23NO7. The second kappa shape index (κ2) is 9.18. The molecule has 0 saturated carbocycles. The summed E-state index contributed by atoms with van der Waals surface area (Å²) >= 11 is 0. The molecule has 0 bridgehead atoms. The van der Waals surface area contributed by atoms with Crippen LogP contribution in [0, 0.1) is 13.8 Å². The minimum Gasteiger partial charge on any atom is -0.482 e. The van der Waals surface area contributed by atoms with E-state index in [4.69, 9.17) is 14.2 Å². The maximum absolute atomic E-state index is 12.6. The molecule has 29 heavy (non-hydrogen) atoms. The lowest BCUT2D eigenvalue weighted by molar-refractivity contribution is -0.148. The molecule has 0 spiro atoms. The van der Waals surface area contributed by atoms with Gasteiger partial charge in [-0.2, -0.15) is 0 Å². The molecule has 0 fully saturated rings. The Morgan fingerprint density at radius 2 is 1.69 bits per heavy atom. The van der Waals surface area contributed by atoms with Crippen LogP contribution >= 0.6 is 0 Å². The van der Waals surface area contributed by atoms with Gasteiger partial charge in [0.1, 0.15) is 5.75 Å². The zero-order valence-electron chi connectivity index (χ0n) is 17.0. The monoisotopic (exact) mass is 401 g/mol. The molecule has 1 heterocycles. The Morgan fingerprint density at radius 3 is 2.24 bits per heavy atom. The number of carbonyl (C=O) groups is 4. The lowest BCUT2D eigenvalue weighted by atomic mass is 10.1. The fraction of sp³-hybridized carbons (Fsp3) is 0.333. The number of nitrogens with one attached hydrogen (secondary N) is 1. The molecule has 0 aliphatic heterocycles. The fourth-order valence-corrected chi connectivity index (χ4v) is 2.82. The molecule has 1 aromatic carbocycles. The van der Waals surface area contributed by atoms with Gasteiger partial charge in [0, 0.05) is 11.3 Å². The number of benzene rings is 1. The normalized spacial score (nSPS) is 11.5. The van der Waals surface area contributed by atoms with Crippen molar-refractivity contribution in [1.29, 1.82) is 0 Å². The van der Waals surface area contributed by atoms with E-state index in [2.05, 4.69) is 4.98 Å². The van der Waals surface area contributed by atoms with Gasteiger partial charge < -0.3 is 19.2 Å². The van der Waals surface area contributed by atoms with Crippen LogP contribution in [0.4, 0.5) is 0 Å². The molecule has 2 aromatic rings. The van der Waals surface area contributed by atoms with Crippen LogP contribution in [-0.4, -0.2) is 48.3 Å². The van der Waals surface area contributed by atoms with Gasteiger partial charge in [-0.05, 0) is 57.5 Å². The number of ketones is 2. The molecule has 1 atom stereocenters. The van der Waals surface area contributed by atoms with Crippen molar-refractivity contribution in [2.24, 2.45) is 0 Å². The number of hydrogen-bond donors (Lipinski definition) is 1. The third-order valence-electron chi connectivity index (χ3n) is 4.37. The molecule has 8 nitrogen and oxygen atoms in total. The Balaban J connectivity index is 1.98. The highest BCUT2D eigenvalue weighted by atomic mass is 16.6. The maximum atomic E-state index is 12.6. The van der Waals surface area contributed by atoms with Crippen LogP contribution in [0.2, 0.25) is 0 Å². The van der Waals surface area contributed by atoms with Crippen LogP contribution in [0.5, 0.6) is 5.75 Å². The van der Waals surface area contributed by atoms with Crippen LogP contribution in [0.15, 0.2) is 24.3 Å². The molecule has 0 aliphatic rings. The molecule has 0 aliphatic carbocycles. The number of carbonyl (C=O) groups excluding carboxylic acids is 4. The summed E-state index contributed by atoms with van der Waals surface area (Å²) in [5, 5.41) is 0. The smallest absolute Gasteiger partial charge is 0.344 e. The van der Waals surface area contributed by atoms with Gasteiger partial charge in [0.25, 0.3) is 0 Å². The summed E-state index contributed by atoms with van der Waals surface area (Å²) in [5.41, 5.74) is 1.93. The number of aromatic nitrogens is 1. The van der Waals surface area contributed by atoms with Crippen molar-refractivity contribution in [3.8, 4) is 5.75 Å². The Bertz CT molecular complexity index is 941. The standard InChI is InChI=1S/C21H23NO7/c1-11-18(21(26)27-5)12(2)22-19(11)20(25)14(4)29-17(24)10-28-16-8-6-15(7-9-16)13(3)23/h6-9,14,22H,10H2,1-5H3. The fourth-order valence-electron chi connectivity index (χ4n) is 2.82. The third-order valence-corrected chi connectivity index (χ3v) is 4.37. The average Bonchev–Trinajstić information content (AvgIpc) is 2.99. The van der Waals surface area contributed by atoms with Crippen LogP contribution in [-0.2, 0) is 14.3 Å². The molecule has 1 aromatic heterocycles. The number of esters is 2. The van der Waals surface area contributed by atoms with Crippen molar-refractivity contribution in [1.82, 2.24) is 4.98 Å². The molecule has 1 N–H and O–H groups in total. The van der Waals surface area contributed by atoms with E-state index in [-0.39, 0.29) is 17.0 Å². The Kier molecular flexibility index (Phi) is 6.93. The van der Waals surface area contributed by atoms with Gasteiger partial charge in [0.15, 0.2) is 18.5 Å². The van der Waals surface area contributed by atoms with Gasteiger partial charge in [0.2, 0.25) is 5.78 Å². The average molecular weight is 401 g/mol. The maximum Gasteiger partial charge on any atom is 0.344 e.